The lowest BCUT2D eigenvalue weighted by Crippen LogP contribution is -2.12. The van der Waals surface area contributed by atoms with Crippen molar-refractivity contribution in [2.75, 3.05) is 0 Å². The van der Waals surface area contributed by atoms with E-state index in [1.165, 1.54) is 12.3 Å². The lowest BCUT2D eigenvalue weighted by molar-refractivity contribution is 0.0995. The van der Waals surface area contributed by atoms with Crippen molar-refractivity contribution < 1.29 is 14.3 Å². The third-order valence-electron chi connectivity index (χ3n) is 2.24. The fraction of sp³-hybridized carbons (Fsp3) is 0. The fourth-order valence-corrected chi connectivity index (χ4v) is 1.34. The third-order valence-corrected chi connectivity index (χ3v) is 2.24. The number of nitrogens with zero attached hydrogens (tertiary/aromatic N) is 1. The summed E-state index contributed by atoms with van der Waals surface area (Å²) in [6.07, 6.45) is 2.17. The van der Waals surface area contributed by atoms with Crippen LogP contribution in [0.2, 0.25) is 0 Å². The van der Waals surface area contributed by atoms with Crippen LogP contribution in [0.4, 0.5) is 0 Å². The van der Waals surface area contributed by atoms with Crippen molar-refractivity contribution in [2.45, 2.75) is 0 Å². The van der Waals surface area contributed by atoms with Crippen LogP contribution in [0.25, 0.3) is 0 Å². The number of carbonyl (C=O) groups excluding carboxylic acids is 2. The van der Waals surface area contributed by atoms with Gasteiger partial charge in [0.25, 0.3) is 5.91 Å². The highest BCUT2D eigenvalue weighted by atomic mass is 16.5. The van der Waals surface area contributed by atoms with Crippen molar-refractivity contribution in [3.63, 3.8) is 0 Å². The third kappa shape index (κ3) is 2.70. The zero-order valence-electron chi connectivity index (χ0n) is 9.37. The molecule has 0 unspecified atom stereocenters. The van der Waals surface area contributed by atoms with Crippen molar-refractivity contribution in [3.05, 3.63) is 53.9 Å². The summed E-state index contributed by atoms with van der Waals surface area (Å²) in [5.74, 6) is 0.477. The summed E-state index contributed by atoms with van der Waals surface area (Å²) in [4.78, 5) is 25.2. The van der Waals surface area contributed by atoms with Crippen molar-refractivity contribution in [2.24, 2.45) is 5.73 Å². The number of hydrogen-bond donors (Lipinski definition) is 1. The van der Waals surface area contributed by atoms with E-state index in [2.05, 4.69) is 4.98 Å². The lowest BCUT2D eigenvalue weighted by atomic mass is 10.2. The first-order valence-corrected chi connectivity index (χ1v) is 5.18. The van der Waals surface area contributed by atoms with E-state index >= 15 is 0 Å². The van der Waals surface area contributed by atoms with E-state index in [1.54, 1.807) is 30.3 Å². The van der Waals surface area contributed by atoms with Gasteiger partial charge < -0.3 is 10.5 Å². The zero-order chi connectivity index (χ0) is 13.0. The van der Waals surface area contributed by atoms with Gasteiger partial charge in [0.1, 0.15) is 23.5 Å². The van der Waals surface area contributed by atoms with Gasteiger partial charge in [-0.3, -0.25) is 9.59 Å². The Kier molecular flexibility index (Phi) is 3.33. The summed E-state index contributed by atoms with van der Waals surface area (Å²) < 4.78 is 5.48. The number of ether oxygens (including phenoxy) is 1. The number of aldehydes is 1. The molecule has 0 aliphatic rings. The number of primary amides is 1. The van der Waals surface area contributed by atoms with Crippen LogP contribution in [-0.4, -0.2) is 17.2 Å². The van der Waals surface area contributed by atoms with Crippen molar-refractivity contribution in [1.29, 1.82) is 0 Å². The van der Waals surface area contributed by atoms with Crippen LogP contribution in [0, 0.1) is 0 Å². The van der Waals surface area contributed by atoms with Crippen LogP contribution < -0.4 is 10.5 Å². The normalized spacial score (nSPS) is 9.78. The Balaban J connectivity index is 2.12. The van der Waals surface area contributed by atoms with Crippen LogP contribution in [0.3, 0.4) is 0 Å². The Bertz CT molecular complexity index is 562. The summed E-state index contributed by atoms with van der Waals surface area (Å²) in [5.41, 5.74) is 5.83. The van der Waals surface area contributed by atoms with Gasteiger partial charge in [-0.2, -0.15) is 0 Å². The Morgan fingerprint density at radius 2 is 1.78 bits per heavy atom. The van der Waals surface area contributed by atoms with E-state index in [9.17, 15) is 9.59 Å². The summed E-state index contributed by atoms with van der Waals surface area (Å²) >= 11 is 0. The second-order valence-corrected chi connectivity index (χ2v) is 3.53. The molecule has 0 aliphatic carbocycles. The highest BCUT2D eigenvalue weighted by Crippen LogP contribution is 2.20. The molecule has 90 valence electrons. The average molecular weight is 242 g/mol. The topological polar surface area (TPSA) is 82.3 Å². The van der Waals surface area contributed by atoms with Gasteiger partial charge in [-0.05, 0) is 36.4 Å². The number of benzene rings is 1. The molecule has 0 spiro atoms. The number of carbonyl (C=O) groups is 2. The zero-order valence-corrected chi connectivity index (χ0v) is 9.37. The van der Waals surface area contributed by atoms with Crippen molar-refractivity contribution in [3.8, 4) is 11.5 Å². The highest BCUT2D eigenvalue weighted by Gasteiger charge is 2.03. The molecule has 2 N–H and O–H groups in total. The van der Waals surface area contributed by atoms with Crippen LogP contribution in [-0.2, 0) is 0 Å². The van der Waals surface area contributed by atoms with Crippen LogP contribution in [0.1, 0.15) is 20.8 Å². The molecule has 2 aromatic rings. The quantitative estimate of drug-likeness (QED) is 0.828. The van der Waals surface area contributed by atoms with E-state index in [-0.39, 0.29) is 5.69 Å². The molecule has 1 heterocycles. The first-order chi connectivity index (χ1) is 8.69. The monoisotopic (exact) mass is 242 g/mol. The Hall–Kier alpha value is -2.69. The molecule has 5 nitrogen and oxygen atoms in total. The predicted octanol–water partition coefficient (Wildman–Crippen LogP) is 1.79. The lowest BCUT2D eigenvalue weighted by Gasteiger charge is -2.05. The van der Waals surface area contributed by atoms with Crippen molar-refractivity contribution in [1.82, 2.24) is 4.98 Å². The standard InChI is InChI=1S/C13H10N2O3/c14-13(17)12-6-5-11(7-15-12)18-10-3-1-9(8-16)2-4-10/h1-8H,(H2,14,17). The molecule has 1 aromatic carbocycles. The van der Waals surface area contributed by atoms with E-state index in [1.807, 2.05) is 0 Å². The number of hydrogen-bond acceptors (Lipinski definition) is 4. The Labute approximate surface area is 103 Å². The smallest absolute Gasteiger partial charge is 0.267 e. The molecule has 0 saturated heterocycles. The largest absolute Gasteiger partial charge is 0.456 e. The molecular weight excluding hydrogens is 232 g/mol. The first kappa shape index (κ1) is 11.8. The maximum atomic E-state index is 10.8. The molecule has 0 bridgehead atoms. The summed E-state index contributed by atoms with van der Waals surface area (Å²) in [6, 6.07) is 9.72. The molecule has 0 atom stereocenters. The first-order valence-electron chi connectivity index (χ1n) is 5.18. The van der Waals surface area contributed by atoms with Crippen LogP contribution >= 0.6 is 0 Å². The maximum Gasteiger partial charge on any atom is 0.267 e. The molecule has 0 saturated carbocycles. The van der Waals surface area contributed by atoms with Gasteiger partial charge in [-0.15, -0.1) is 0 Å². The molecule has 2 rings (SSSR count). The molecule has 0 aliphatic heterocycles. The minimum Gasteiger partial charge on any atom is -0.456 e. The molecule has 1 amide bonds. The SMILES string of the molecule is NC(=O)c1ccc(Oc2ccc(C=O)cc2)cn1. The highest BCUT2D eigenvalue weighted by molar-refractivity contribution is 5.90. The second kappa shape index (κ2) is 5.09. The van der Waals surface area contributed by atoms with E-state index in [4.69, 9.17) is 10.5 Å². The molecule has 1 aromatic heterocycles. The minimum absolute atomic E-state index is 0.179. The van der Waals surface area contributed by atoms with Gasteiger partial charge >= 0.3 is 0 Å². The van der Waals surface area contributed by atoms with Gasteiger partial charge in [-0.25, -0.2) is 4.98 Å². The van der Waals surface area contributed by atoms with Gasteiger partial charge in [0, 0.05) is 5.56 Å². The molecule has 5 heteroatoms. The van der Waals surface area contributed by atoms with E-state index in [0.717, 1.165) is 6.29 Å². The Morgan fingerprint density at radius 1 is 1.11 bits per heavy atom. The number of rotatable bonds is 4. The van der Waals surface area contributed by atoms with Crippen LogP contribution in [0.15, 0.2) is 42.6 Å². The van der Waals surface area contributed by atoms with E-state index in [0.29, 0.717) is 17.1 Å². The van der Waals surface area contributed by atoms with Gasteiger partial charge in [0.15, 0.2) is 0 Å². The molecular formula is C13H10N2O3. The summed E-state index contributed by atoms with van der Waals surface area (Å²) in [7, 11) is 0. The van der Waals surface area contributed by atoms with Gasteiger partial charge in [-0.1, -0.05) is 0 Å². The maximum absolute atomic E-state index is 10.8. The number of nitrogens with two attached hydrogens (primary N) is 1. The number of amides is 1. The van der Waals surface area contributed by atoms with Gasteiger partial charge in [0.2, 0.25) is 0 Å². The van der Waals surface area contributed by atoms with Crippen LogP contribution in [0.5, 0.6) is 11.5 Å². The molecule has 18 heavy (non-hydrogen) atoms. The van der Waals surface area contributed by atoms with Crippen molar-refractivity contribution >= 4 is 12.2 Å². The summed E-state index contributed by atoms with van der Waals surface area (Å²) in [5, 5.41) is 0. The average Bonchev–Trinajstić information content (AvgIpc) is 2.40. The number of aromatic nitrogens is 1. The Morgan fingerprint density at radius 3 is 2.28 bits per heavy atom. The molecule has 0 radical (unpaired) electrons. The minimum atomic E-state index is -0.586. The van der Waals surface area contributed by atoms with Gasteiger partial charge in [0.05, 0.1) is 6.20 Å². The van der Waals surface area contributed by atoms with E-state index < -0.39 is 5.91 Å². The summed E-state index contributed by atoms with van der Waals surface area (Å²) in [6.45, 7) is 0. The predicted molar refractivity (Wildman–Crippen MR) is 64.7 cm³/mol. The molecule has 0 fully saturated rings. The number of pyridine rings is 1. The fourth-order valence-electron chi connectivity index (χ4n) is 1.34. The second-order valence-electron chi connectivity index (χ2n) is 3.53.